The summed E-state index contributed by atoms with van der Waals surface area (Å²) in [6, 6.07) is 17.7. The molecule has 0 radical (unpaired) electrons. The van der Waals surface area contributed by atoms with Gasteiger partial charge in [0, 0.05) is 35.1 Å². The van der Waals surface area contributed by atoms with E-state index in [0.29, 0.717) is 12.3 Å². The van der Waals surface area contributed by atoms with Gasteiger partial charge in [-0.05, 0) is 67.1 Å². The first-order chi connectivity index (χ1) is 16.3. The molecule has 6 heteroatoms. The van der Waals surface area contributed by atoms with Crippen molar-refractivity contribution >= 4 is 29.7 Å². The lowest BCUT2D eigenvalue weighted by atomic mass is 9.89. The van der Waals surface area contributed by atoms with Gasteiger partial charge in [-0.3, -0.25) is 0 Å². The third-order valence-electron chi connectivity index (χ3n) is 5.98. The van der Waals surface area contributed by atoms with Crippen molar-refractivity contribution in [3.8, 4) is 28.4 Å². The summed E-state index contributed by atoms with van der Waals surface area (Å²) < 4.78 is 11.3. The first-order valence-corrected chi connectivity index (χ1v) is 12.0. The van der Waals surface area contributed by atoms with Crippen molar-refractivity contribution in [2.24, 2.45) is 0 Å². The predicted molar refractivity (Wildman–Crippen MR) is 144 cm³/mol. The van der Waals surface area contributed by atoms with E-state index in [1.807, 2.05) is 31.2 Å². The number of benzene rings is 3. The number of methoxy groups -OCH3 is 2. The summed E-state index contributed by atoms with van der Waals surface area (Å²) in [7, 11) is 3.34. The topological polar surface area (TPSA) is 54.0 Å². The Bertz CT molecular complexity index is 1240. The van der Waals surface area contributed by atoms with E-state index in [1.165, 1.54) is 16.8 Å². The zero-order valence-corrected chi connectivity index (χ0v) is 21.2. The molecule has 34 heavy (non-hydrogen) atoms. The van der Waals surface area contributed by atoms with Crippen LogP contribution in [0.3, 0.4) is 0 Å². The van der Waals surface area contributed by atoms with Crippen LogP contribution >= 0.6 is 12.6 Å². The molecular formula is C28H32N2O3S. The number of anilines is 2. The summed E-state index contributed by atoms with van der Waals surface area (Å²) in [6.45, 7) is 7.06. The zero-order chi connectivity index (χ0) is 24.5. The number of nitrogens with one attached hydrogen (secondary N) is 1. The van der Waals surface area contributed by atoms with Crippen LogP contribution in [0.25, 0.3) is 16.8 Å². The molecule has 0 unspecified atom stereocenters. The Balaban J connectivity index is 0.000000868. The lowest BCUT2D eigenvalue weighted by Crippen LogP contribution is -2.33. The maximum atomic E-state index is 9.93. The largest absolute Gasteiger partial charge is 0.508 e. The van der Waals surface area contributed by atoms with Gasteiger partial charge >= 0.3 is 0 Å². The first kappa shape index (κ1) is 23.9. The van der Waals surface area contributed by atoms with Gasteiger partial charge in [0.25, 0.3) is 0 Å². The highest BCUT2D eigenvalue weighted by Crippen LogP contribution is 2.51. The molecule has 0 amide bonds. The number of phenols is 1. The summed E-state index contributed by atoms with van der Waals surface area (Å²) in [5, 5.41) is 13.6. The smallest absolute Gasteiger partial charge is 0.142 e. The SMILES string of the molecule is CCS.COc1cc(O)ccc1-c1ccc2c3c1CN(c1ccccc1OC)C3=CC(C)(C)N2. The summed E-state index contributed by atoms with van der Waals surface area (Å²) in [5.41, 5.74) is 7.65. The van der Waals surface area contributed by atoms with Crippen molar-refractivity contribution < 1.29 is 14.6 Å². The third-order valence-corrected chi connectivity index (χ3v) is 5.98. The second-order valence-corrected chi connectivity index (χ2v) is 9.48. The molecule has 2 aliphatic rings. The molecule has 0 saturated carbocycles. The normalized spacial score (nSPS) is 14.9. The molecule has 2 aliphatic heterocycles. The van der Waals surface area contributed by atoms with E-state index in [2.05, 4.69) is 61.0 Å². The number of phenolic OH excluding ortho intramolecular Hbond substituents is 1. The Morgan fingerprint density at radius 3 is 2.38 bits per heavy atom. The van der Waals surface area contributed by atoms with Crippen molar-refractivity contribution in [3.05, 3.63) is 71.8 Å². The highest BCUT2D eigenvalue weighted by atomic mass is 32.1. The van der Waals surface area contributed by atoms with Gasteiger partial charge in [-0.2, -0.15) is 12.6 Å². The Kier molecular flexibility index (Phi) is 6.71. The maximum Gasteiger partial charge on any atom is 0.142 e. The number of hydrogen-bond donors (Lipinski definition) is 3. The van der Waals surface area contributed by atoms with Crippen molar-refractivity contribution in [1.29, 1.82) is 0 Å². The highest BCUT2D eigenvalue weighted by Gasteiger charge is 2.37. The van der Waals surface area contributed by atoms with Gasteiger partial charge in [0.05, 0.1) is 25.4 Å². The fourth-order valence-corrected chi connectivity index (χ4v) is 4.68. The summed E-state index contributed by atoms with van der Waals surface area (Å²) >= 11 is 3.79. The van der Waals surface area contributed by atoms with E-state index in [0.717, 1.165) is 34.0 Å². The highest BCUT2D eigenvalue weighted by molar-refractivity contribution is 7.80. The van der Waals surface area contributed by atoms with Crippen LogP contribution < -0.4 is 19.7 Å². The quantitative estimate of drug-likeness (QED) is 0.372. The molecule has 0 atom stereocenters. The summed E-state index contributed by atoms with van der Waals surface area (Å²) in [5.74, 6) is 2.63. The number of hydrogen-bond acceptors (Lipinski definition) is 6. The van der Waals surface area contributed by atoms with E-state index in [4.69, 9.17) is 9.47 Å². The van der Waals surface area contributed by atoms with Crippen LogP contribution in [-0.2, 0) is 6.54 Å². The fourth-order valence-electron chi connectivity index (χ4n) is 4.68. The molecule has 5 nitrogen and oxygen atoms in total. The fraction of sp³-hybridized carbons (Fsp3) is 0.286. The minimum Gasteiger partial charge on any atom is -0.508 e. The van der Waals surface area contributed by atoms with Gasteiger partial charge in [-0.25, -0.2) is 0 Å². The van der Waals surface area contributed by atoms with Crippen LogP contribution in [0.2, 0.25) is 0 Å². The molecule has 178 valence electrons. The van der Waals surface area contributed by atoms with Crippen molar-refractivity contribution in [2.45, 2.75) is 32.9 Å². The Morgan fingerprint density at radius 1 is 1.00 bits per heavy atom. The van der Waals surface area contributed by atoms with Gasteiger partial charge < -0.3 is 24.8 Å². The Hall–Kier alpha value is -3.25. The molecule has 3 aromatic carbocycles. The first-order valence-electron chi connectivity index (χ1n) is 11.4. The van der Waals surface area contributed by atoms with Gasteiger partial charge in [-0.1, -0.05) is 25.1 Å². The second-order valence-electron chi connectivity index (χ2n) is 8.85. The van der Waals surface area contributed by atoms with E-state index in [-0.39, 0.29) is 11.3 Å². The number of rotatable bonds is 4. The monoisotopic (exact) mass is 476 g/mol. The van der Waals surface area contributed by atoms with Gasteiger partial charge in [0.2, 0.25) is 0 Å². The number of nitrogens with zero attached hydrogens (tertiary/aromatic N) is 1. The molecule has 0 fully saturated rings. The standard InChI is InChI=1S/C26H26N2O3.C2H6S/c1-26(2)14-22-25-19(15-28(22)21-7-5-6-8-23(21)30-3)17(11-12-20(25)27-26)18-10-9-16(29)13-24(18)31-4;1-2-3/h5-14,27,29H,15H2,1-4H3;3H,2H2,1H3. The molecule has 0 spiro atoms. The molecule has 2 N–H and O–H groups in total. The minimum atomic E-state index is -0.179. The van der Waals surface area contributed by atoms with E-state index < -0.39 is 0 Å². The van der Waals surface area contributed by atoms with E-state index in [1.54, 1.807) is 26.4 Å². The van der Waals surface area contributed by atoms with Crippen molar-refractivity contribution in [2.75, 3.05) is 30.2 Å². The van der Waals surface area contributed by atoms with Gasteiger partial charge in [-0.15, -0.1) is 0 Å². The number of para-hydroxylation sites is 2. The number of aromatic hydroxyl groups is 1. The third kappa shape index (κ3) is 4.30. The van der Waals surface area contributed by atoms with Crippen LogP contribution in [0.15, 0.2) is 60.7 Å². The van der Waals surface area contributed by atoms with Crippen LogP contribution in [-0.4, -0.2) is 30.6 Å². The van der Waals surface area contributed by atoms with Crippen LogP contribution in [0.4, 0.5) is 11.4 Å². The van der Waals surface area contributed by atoms with Crippen molar-refractivity contribution in [1.82, 2.24) is 0 Å². The number of ether oxygens (including phenoxy) is 2. The molecule has 0 aromatic heterocycles. The van der Waals surface area contributed by atoms with Crippen LogP contribution in [0.5, 0.6) is 17.2 Å². The average molecular weight is 477 g/mol. The lowest BCUT2D eigenvalue weighted by molar-refractivity contribution is 0.409. The van der Waals surface area contributed by atoms with E-state index in [9.17, 15) is 5.11 Å². The summed E-state index contributed by atoms with van der Waals surface area (Å²) in [6.07, 6.45) is 2.29. The molecule has 5 rings (SSSR count). The predicted octanol–water partition coefficient (Wildman–Crippen LogP) is 6.58. The van der Waals surface area contributed by atoms with Crippen LogP contribution in [0.1, 0.15) is 31.9 Å². The molecule has 0 bridgehead atoms. The summed E-state index contributed by atoms with van der Waals surface area (Å²) in [4.78, 5) is 2.33. The van der Waals surface area contributed by atoms with Gasteiger partial charge in [0.1, 0.15) is 17.2 Å². The zero-order valence-electron chi connectivity index (χ0n) is 20.3. The lowest BCUT2D eigenvalue weighted by Gasteiger charge is -2.33. The molecule has 0 saturated heterocycles. The second kappa shape index (κ2) is 9.55. The molecular weight excluding hydrogens is 444 g/mol. The van der Waals surface area contributed by atoms with Crippen molar-refractivity contribution in [3.63, 3.8) is 0 Å². The number of thiol groups is 1. The van der Waals surface area contributed by atoms with Crippen LogP contribution in [0, 0.1) is 0 Å². The minimum absolute atomic E-state index is 0.179. The van der Waals surface area contributed by atoms with E-state index >= 15 is 0 Å². The molecule has 2 heterocycles. The molecule has 3 aromatic rings. The average Bonchev–Trinajstić information content (AvgIpc) is 3.19. The Labute approximate surface area is 207 Å². The molecule has 0 aliphatic carbocycles. The van der Waals surface area contributed by atoms with Gasteiger partial charge in [0.15, 0.2) is 0 Å². The Morgan fingerprint density at radius 2 is 1.68 bits per heavy atom. The maximum absolute atomic E-state index is 9.93.